The molecule has 0 saturated carbocycles. The summed E-state index contributed by atoms with van der Waals surface area (Å²) < 4.78 is 14.6. The second kappa shape index (κ2) is 9.57. The van der Waals surface area contributed by atoms with Crippen LogP contribution in [0.3, 0.4) is 0 Å². The van der Waals surface area contributed by atoms with Crippen LogP contribution in [0.15, 0.2) is 53.4 Å². The quantitative estimate of drug-likeness (QED) is 0.525. The molecule has 0 atom stereocenters. The Morgan fingerprint density at radius 2 is 1.94 bits per heavy atom. The van der Waals surface area contributed by atoms with Gasteiger partial charge in [0.2, 0.25) is 5.91 Å². The molecule has 6 nitrogen and oxygen atoms in total. The summed E-state index contributed by atoms with van der Waals surface area (Å²) >= 11 is 3.24. The van der Waals surface area contributed by atoms with Gasteiger partial charge in [-0.3, -0.25) is 9.59 Å². The van der Waals surface area contributed by atoms with Crippen molar-refractivity contribution in [3.05, 3.63) is 76.7 Å². The molecule has 1 aliphatic rings. The first-order valence-corrected chi connectivity index (χ1v) is 12.0. The molecule has 2 aromatic carbocycles. The normalized spacial score (nSPS) is 12.5. The van der Waals surface area contributed by atoms with E-state index in [2.05, 4.69) is 15.7 Å². The van der Waals surface area contributed by atoms with Gasteiger partial charge >= 0.3 is 0 Å². The molecule has 0 aliphatic carbocycles. The molecule has 160 valence electrons. The van der Waals surface area contributed by atoms with Gasteiger partial charge in [-0.25, -0.2) is 9.07 Å². The number of amides is 2. The zero-order valence-corrected chi connectivity index (χ0v) is 18.5. The van der Waals surface area contributed by atoms with Crippen LogP contribution < -0.4 is 10.6 Å². The monoisotopic (exact) mass is 456 g/mol. The number of rotatable bonds is 7. The van der Waals surface area contributed by atoms with Crippen LogP contribution >= 0.6 is 23.5 Å². The molecule has 2 amide bonds. The lowest BCUT2D eigenvalue weighted by Gasteiger charge is -2.13. The maximum absolute atomic E-state index is 13.0. The molecule has 4 rings (SSSR count). The van der Waals surface area contributed by atoms with Crippen molar-refractivity contribution >= 4 is 41.2 Å². The maximum atomic E-state index is 13.0. The fourth-order valence-corrected chi connectivity index (χ4v) is 4.95. The lowest BCUT2D eigenvalue weighted by molar-refractivity contribution is -0.122. The molecule has 3 aromatic rings. The summed E-state index contributed by atoms with van der Waals surface area (Å²) in [6, 6.07) is 13.4. The summed E-state index contributed by atoms with van der Waals surface area (Å²) in [4.78, 5) is 26.4. The zero-order valence-electron chi connectivity index (χ0n) is 16.9. The standard InChI is InChI=1S/C22H21FN4O2S2/c1-30-19-5-3-2-4-16(19)22(29)25-21-17-12-31-13-18(17)26-27(21)11-20(28)24-10-14-6-8-15(23)9-7-14/h2-9H,10-13H2,1H3,(H,24,28)(H,25,29). The van der Waals surface area contributed by atoms with E-state index in [1.54, 1.807) is 34.6 Å². The Labute approximate surface area is 188 Å². The second-order valence-electron chi connectivity index (χ2n) is 6.98. The highest BCUT2D eigenvalue weighted by Gasteiger charge is 2.25. The van der Waals surface area contributed by atoms with Crippen molar-refractivity contribution in [2.24, 2.45) is 0 Å². The summed E-state index contributed by atoms with van der Waals surface area (Å²) in [5.74, 6) is 1.28. The molecule has 31 heavy (non-hydrogen) atoms. The predicted octanol–water partition coefficient (Wildman–Crippen LogP) is 4.06. The van der Waals surface area contributed by atoms with Gasteiger partial charge in [0, 0.05) is 28.5 Å². The number of carbonyl (C=O) groups excluding carboxylic acids is 2. The van der Waals surface area contributed by atoms with E-state index < -0.39 is 0 Å². The molecule has 0 spiro atoms. The van der Waals surface area contributed by atoms with Gasteiger partial charge in [-0.2, -0.15) is 16.9 Å². The first kappa shape index (κ1) is 21.5. The summed E-state index contributed by atoms with van der Waals surface area (Å²) in [5.41, 5.74) is 3.25. The van der Waals surface area contributed by atoms with Crippen molar-refractivity contribution < 1.29 is 14.0 Å². The molecule has 2 heterocycles. The molecule has 2 N–H and O–H groups in total. The number of hydrogen-bond donors (Lipinski definition) is 2. The van der Waals surface area contributed by atoms with Gasteiger partial charge in [-0.15, -0.1) is 11.8 Å². The Hall–Kier alpha value is -2.78. The average Bonchev–Trinajstić information content (AvgIpc) is 3.35. The Balaban J connectivity index is 1.49. The number of hydrogen-bond acceptors (Lipinski definition) is 5. The number of nitrogens with one attached hydrogen (secondary N) is 2. The third-order valence-corrected chi connectivity index (χ3v) is 6.66. The summed E-state index contributed by atoms with van der Waals surface area (Å²) in [5, 5.41) is 10.4. The minimum atomic E-state index is -0.317. The fourth-order valence-electron chi connectivity index (χ4n) is 3.32. The van der Waals surface area contributed by atoms with Gasteiger partial charge < -0.3 is 10.6 Å². The van der Waals surface area contributed by atoms with Crippen molar-refractivity contribution in [3.8, 4) is 0 Å². The number of anilines is 1. The first-order valence-electron chi connectivity index (χ1n) is 9.67. The molecule has 0 radical (unpaired) electrons. The van der Waals surface area contributed by atoms with Crippen LogP contribution in [0, 0.1) is 5.82 Å². The Morgan fingerprint density at radius 3 is 2.71 bits per heavy atom. The number of thioether (sulfide) groups is 2. The predicted molar refractivity (Wildman–Crippen MR) is 122 cm³/mol. The van der Waals surface area contributed by atoms with E-state index in [1.165, 1.54) is 23.9 Å². The van der Waals surface area contributed by atoms with Crippen LogP contribution in [0.25, 0.3) is 0 Å². The highest BCUT2D eigenvalue weighted by molar-refractivity contribution is 7.98. The largest absolute Gasteiger partial charge is 0.350 e. The van der Waals surface area contributed by atoms with Gasteiger partial charge in [-0.1, -0.05) is 24.3 Å². The third-order valence-electron chi connectivity index (χ3n) is 4.90. The van der Waals surface area contributed by atoms with Crippen molar-refractivity contribution in [2.45, 2.75) is 29.5 Å². The second-order valence-corrected chi connectivity index (χ2v) is 8.82. The van der Waals surface area contributed by atoms with Crippen LogP contribution in [0.1, 0.15) is 27.2 Å². The lowest BCUT2D eigenvalue weighted by atomic mass is 10.2. The minimum absolute atomic E-state index is 0.0152. The number of halogens is 1. The zero-order chi connectivity index (χ0) is 21.8. The smallest absolute Gasteiger partial charge is 0.257 e. The molecule has 1 aromatic heterocycles. The Kier molecular flexibility index (Phi) is 6.62. The minimum Gasteiger partial charge on any atom is -0.350 e. The van der Waals surface area contributed by atoms with Crippen molar-refractivity contribution in [2.75, 3.05) is 11.6 Å². The van der Waals surface area contributed by atoms with Gasteiger partial charge in [0.05, 0.1) is 11.3 Å². The maximum Gasteiger partial charge on any atom is 0.257 e. The van der Waals surface area contributed by atoms with Gasteiger partial charge in [-0.05, 0) is 36.1 Å². The van der Waals surface area contributed by atoms with Gasteiger partial charge in [0.1, 0.15) is 18.2 Å². The summed E-state index contributed by atoms with van der Waals surface area (Å²) in [6.45, 7) is 0.275. The topological polar surface area (TPSA) is 76.0 Å². The van der Waals surface area contributed by atoms with E-state index in [0.717, 1.165) is 33.2 Å². The third kappa shape index (κ3) is 4.94. The van der Waals surface area contributed by atoms with E-state index in [0.29, 0.717) is 17.9 Å². The Morgan fingerprint density at radius 1 is 1.16 bits per heavy atom. The average molecular weight is 457 g/mol. The van der Waals surface area contributed by atoms with Gasteiger partial charge in [0.15, 0.2) is 0 Å². The van der Waals surface area contributed by atoms with Crippen LogP contribution in [0.2, 0.25) is 0 Å². The van der Waals surface area contributed by atoms with Crippen molar-refractivity contribution in [1.29, 1.82) is 0 Å². The lowest BCUT2D eigenvalue weighted by Crippen LogP contribution is -2.29. The van der Waals surface area contributed by atoms with E-state index in [9.17, 15) is 14.0 Å². The van der Waals surface area contributed by atoms with Crippen LogP contribution in [0.4, 0.5) is 10.2 Å². The van der Waals surface area contributed by atoms with E-state index in [-0.39, 0.29) is 24.2 Å². The van der Waals surface area contributed by atoms with Crippen LogP contribution in [-0.4, -0.2) is 27.9 Å². The van der Waals surface area contributed by atoms with Crippen molar-refractivity contribution in [1.82, 2.24) is 15.1 Å². The number of nitrogens with zero attached hydrogens (tertiary/aromatic N) is 2. The molecule has 0 bridgehead atoms. The molecule has 1 aliphatic heterocycles. The number of fused-ring (bicyclic) bond motifs is 1. The molecular weight excluding hydrogens is 435 g/mol. The number of benzene rings is 2. The highest BCUT2D eigenvalue weighted by Crippen LogP contribution is 2.35. The summed E-state index contributed by atoms with van der Waals surface area (Å²) in [6.07, 6.45) is 1.93. The SMILES string of the molecule is CSc1ccccc1C(=O)Nc1c2c(nn1CC(=O)NCc1ccc(F)cc1)CSC2. The highest BCUT2D eigenvalue weighted by atomic mass is 32.2. The number of aromatic nitrogens is 2. The summed E-state index contributed by atoms with van der Waals surface area (Å²) in [7, 11) is 0. The van der Waals surface area contributed by atoms with E-state index in [1.807, 2.05) is 24.5 Å². The molecular formula is C22H21FN4O2S2. The van der Waals surface area contributed by atoms with Crippen molar-refractivity contribution in [3.63, 3.8) is 0 Å². The van der Waals surface area contributed by atoms with Gasteiger partial charge in [0.25, 0.3) is 5.91 Å². The molecule has 9 heteroatoms. The molecule has 0 fully saturated rings. The molecule has 0 unspecified atom stereocenters. The first-order chi connectivity index (χ1) is 15.0. The number of carbonyl (C=O) groups is 2. The molecule has 0 saturated heterocycles. The Bertz CT molecular complexity index is 1120. The van der Waals surface area contributed by atoms with E-state index in [4.69, 9.17) is 0 Å². The van der Waals surface area contributed by atoms with E-state index >= 15 is 0 Å². The fraction of sp³-hybridized carbons (Fsp3) is 0.227. The van der Waals surface area contributed by atoms with Crippen LogP contribution in [-0.2, 0) is 29.4 Å². The van der Waals surface area contributed by atoms with Crippen LogP contribution in [0.5, 0.6) is 0 Å².